The second kappa shape index (κ2) is 2.77. The van der Waals surface area contributed by atoms with Crippen LogP contribution in [0.5, 0.6) is 0 Å². The molecule has 1 rings (SSSR count). The molecule has 0 saturated carbocycles. The van der Waals surface area contributed by atoms with E-state index in [-0.39, 0.29) is 16.0 Å². The summed E-state index contributed by atoms with van der Waals surface area (Å²) in [5.74, 6) is -2.14. The summed E-state index contributed by atoms with van der Waals surface area (Å²) < 4.78 is 12.9. The third-order valence-corrected chi connectivity index (χ3v) is 1.46. The Bertz CT molecular complexity index is 314. The maximum absolute atomic E-state index is 12.7. The summed E-state index contributed by atoms with van der Waals surface area (Å²) >= 11 is 0. The molecule has 0 aliphatic carbocycles. The number of carboxylic acids is 1. The van der Waals surface area contributed by atoms with Crippen LogP contribution < -0.4 is 4.73 Å². The zero-order valence-corrected chi connectivity index (χ0v) is 6.24. The highest BCUT2D eigenvalue weighted by molar-refractivity contribution is 5.86. The molecule has 0 aliphatic rings. The van der Waals surface area contributed by atoms with Gasteiger partial charge in [-0.3, -0.25) is 0 Å². The number of carboxylic acid groups (broad SMARTS) is 1. The van der Waals surface area contributed by atoms with Crippen molar-refractivity contribution in [1.29, 1.82) is 0 Å². The van der Waals surface area contributed by atoms with E-state index in [1.807, 2.05) is 0 Å². The Morgan fingerprint density at radius 2 is 2.33 bits per heavy atom. The fourth-order valence-corrected chi connectivity index (χ4v) is 0.724. The molecule has 12 heavy (non-hydrogen) atoms. The Morgan fingerprint density at radius 1 is 1.75 bits per heavy atom. The lowest BCUT2D eigenvalue weighted by atomic mass is 10.2. The van der Waals surface area contributed by atoms with E-state index in [1.54, 1.807) is 0 Å². The van der Waals surface area contributed by atoms with Crippen LogP contribution in [0.2, 0.25) is 0 Å². The number of halogens is 1. The van der Waals surface area contributed by atoms with Gasteiger partial charge < -0.3 is 10.3 Å². The summed E-state index contributed by atoms with van der Waals surface area (Å²) in [4.78, 5) is 10.3. The van der Waals surface area contributed by atoms with Crippen molar-refractivity contribution in [1.82, 2.24) is 0 Å². The van der Waals surface area contributed by atoms with Gasteiger partial charge in [-0.1, -0.05) is 0 Å². The number of hydrogen-bond donors (Lipinski definition) is 1. The van der Waals surface area contributed by atoms with E-state index in [0.29, 0.717) is 0 Å². The van der Waals surface area contributed by atoms with E-state index in [2.05, 4.69) is 0 Å². The predicted octanol–water partition coefficient (Wildman–Crippen LogP) is 0.466. The Kier molecular flexibility index (Phi) is 1.95. The number of carbonyl (C=O) groups is 1. The number of aromatic nitrogens is 1. The Balaban J connectivity index is 3.31. The second-order valence-corrected chi connectivity index (χ2v) is 2.29. The molecular weight excluding hydrogens is 165 g/mol. The first-order valence-electron chi connectivity index (χ1n) is 3.15. The molecule has 1 heterocycles. The summed E-state index contributed by atoms with van der Waals surface area (Å²) in [6.45, 7) is 1.27. The zero-order chi connectivity index (χ0) is 9.30. The van der Waals surface area contributed by atoms with E-state index >= 15 is 0 Å². The molecule has 5 heteroatoms. The zero-order valence-electron chi connectivity index (χ0n) is 6.24. The molecule has 0 fully saturated rings. The summed E-state index contributed by atoms with van der Waals surface area (Å²) in [6, 6.07) is 0.812. The molecule has 0 amide bonds. The molecule has 1 N–H and O–H groups in total. The molecule has 0 unspecified atom stereocenters. The van der Waals surface area contributed by atoms with Gasteiger partial charge in [0, 0.05) is 13.0 Å². The summed E-state index contributed by atoms with van der Waals surface area (Å²) in [5.41, 5.74) is -0.492. The molecule has 0 bridgehead atoms. The topological polar surface area (TPSA) is 64.2 Å². The van der Waals surface area contributed by atoms with Crippen LogP contribution in [0.1, 0.15) is 16.1 Å². The van der Waals surface area contributed by atoms with Crippen molar-refractivity contribution in [3.8, 4) is 0 Å². The Hall–Kier alpha value is -1.65. The van der Waals surface area contributed by atoms with Crippen molar-refractivity contribution in [2.45, 2.75) is 6.92 Å². The first-order chi connectivity index (χ1) is 5.52. The van der Waals surface area contributed by atoms with Gasteiger partial charge in [-0.15, -0.1) is 0 Å². The Labute approximate surface area is 67.5 Å². The molecule has 0 radical (unpaired) electrons. The normalized spacial score (nSPS) is 9.83. The van der Waals surface area contributed by atoms with Gasteiger partial charge in [0.05, 0.1) is 0 Å². The van der Waals surface area contributed by atoms with Gasteiger partial charge in [0.2, 0.25) is 5.69 Å². The van der Waals surface area contributed by atoms with E-state index in [0.717, 1.165) is 12.3 Å². The van der Waals surface area contributed by atoms with Crippen LogP contribution in [0.15, 0.2) is 12.3 Å². The van der Waals surface area contributed by atoms with Crippen molar-refractivity contribution in [3.63, 3.8) is 0 Å². The predicted molar refractivity (Wildman–Crippen MR) is 37.1 cm³/mol. The number of nitrogens with zero attached hydrogens (tertiary/aromatic N) is 1. The maximum atomic E-state index is 12.7. The monoisotopic (exact) mass is 171 g/mol. The molecule has 0 spiro atoms. The smallest absolute Gasteiger partial charge is 0.341 e. The molecule has 0 saturated heterocycles. The van der Waals surface area contributed by atoms with Gasteiger partial charge in [0.25, 0.3) is 0 Å². The third-order valence-electron chi connectivity index (χ3n) is 1.46. The summed E-state index contributed by atoms with van der Waals surface area (Å²) in [7, 11) is 0. The SMILES string of the molecule is Cc1c(F)cc(C(=O)O)c[n+]1[O-]. The first-order valence-corrected chi connectivity index (χ1v) is 3.15. The van der Waals surface area contributed by atoms with E-state index in [4.69, 9.17) is 5.11 Å². The van der Waals surface area contributed by atoms with Gasteiger partial charge >= 0.3 is 5.97 Å². The van der Waals surface area contributed by atoms with Gasteiger partial charge in [-0.2, -0.15) is 9.12 Å². The summed E-state index contributed by atoms with van der Waals surface area (Å²) in [6.07, 6.45) is 0.820. The highest BCUT2D eigenvalue weighted by Gasteiger charge is 2.13. The highest BCUT2D eigenvalue weighted by Crippen LogP contribution is 2.03. The molecule has 0 aliphatic heterocycles. The quantitative estimate of drug-likeness (QED) is 0.493. The fourth-order valence-electron chi connectivity index (χ4n) is 0.724. The standard InChI is InChI=1S/C7H6FNO3/c1-4-6(8)2-5(7(10)11)3-9(4)12/h2-3H,1H3,(H,10,11). The lowest BCUT2D eigenvalue weighted by Gasteiger charge is -2.01. The lowest BCUT2D eigenvalue weighted by molar-refractivity contribution is -0.614. The van der Waals surface area contributed by atoms with E-state index in [1.165, 1.54) is 6.92 Å². The summed E-state index contributed by atoms with van der Waals surface area (Å²) in [5, 5.41) is 19.2. The lowest BCUT2D eigenvalue weighted by Crippen LogP contribution is -2.32. The van der Waals surface area contributed by atoms with Gasteiger partial charge in [-0.25, -0.2) is 4.79 Å². The number of rotatable bonds is 1. The molecule has 0 atom stereocenters. The van der Waals surface area contributed by atoms with Gasteiger partial charge in [-0.05, 0) is 0 Å². The molecular formula is C7H6FNO3. The van der Waals surface area contributed by atoms with E-state index < -0.39 is 11.8 Å². The average Bonchev–Trinajstić information content (AvgIpc) is 1.99. The van der Waals surface area contributed by atoms with Crippen LogP contribution in [0.3, 0.4) is 0 Å². The van der Waals surface area contributed by atoms with Gasteiger partial charge in [0.1, 0.15) is 5.56 Å². The molecule has 0 aromatic carbocycles. The molecule has 4 nitrogen and oxygen atoms in total. The minimum atomic E-state index is -1.32. The molecule has 1 aromatic rings. The highest BCUT2D eigenvalue weighted by atomic mass is 19.1. The van der Waals surface area contributed by atoms with Crippen LogP contribution >= 0.6 is 0 Å². The van der Waals surface area contributed by atoms with Crippen molar-refractivity contribution in [2.24, 2.45) is 0 Å². The minimum Gasteiger partial charge on any atom is -0.618 e. The van der Waals surface area contributed by atoms with Crippen LogP contribution in [-0.4, -0.2) is 11.1 Å². The average molecular weight is 171 g/mol. The van der Waals surface area contributed by atoms with Crippen molar-refractivity contribution in [2.75, 3.05) is 0 Å². The molecule has 64 valence electrons. The molecule has 1 aromatic heterocycles. The van der Waals surface area contributed by atoms with Gasteiger partial charge in [0.15, 0.2) is 12.0 Å². The van der Waals surface area contributed by atoms with Crippen LogP contribution in [0.4, 0.5) is 4.39 Å². The number of aromatic carboxylic acids is 1. The number of pyridine rings is 1. The minimum absolute atomic E-state index is 0.139. The first kappa shape index (κ1) is 8.45. The van der Waals surface area contributed by atoms with Crippen LogP contribution in [0.25, 0.3) is 0 Å². The van der Waals surface area contributed by atoms with Crippen LogP contribution in [0, 0.1) is 17.9 Å². The Morgan fingerprint density at radius 3 is 2.75 bits per heavy atom. The third kappa shape index (κ3) is 1.34. The number of hydrogen-bond acceptors (Lipinski definition) is 2. The van der Waals surface area contributed by atoms with Crippen molar-refractivity contribution < 1.29 is 19.0 Å². The second-order valence-electron chi connectivity index (χ2n) is 2.29. The van der Waals surface area contributed by atoms with Crippen molar-refractivity contribution >= 4 is 5.97 Å². The largest absolute Gasteiger partial charge is 0.618 e. The van der Waals surface area contributed by atoms with E-state index in [9.17, 15) is 14.4 Å². The van der Waals surface area contributed by atoms with Crippen LogP contribution in [-0.2, 0) is 0 Å². The fraction of sp³-hybridized carbons (Fsp3) is 0.143. The maximum Gasteiger partial charge on any atom is 0.341 e. The van der Waals surface area contributed by atoms with Crippen molar-refractivity contribution in [3.05, 3.63) is 34.5 Å².